The minimum absolute atomic E-state index is 0.203. The number of methoxy groups -OCH3 is 1. The number of nitrogens with zero attached hydrogens (tertiary/aromatic N) is 3. The summed E-state index contributed by atoms with van der Waals surface area (Å²) in [7, 11) is -1.98. The van der Waals surface area contributed by atoms with E-state index in [1.165, 1.54) is 4.31 Å². The Kier molecular flexibility index (Phi) is 6.67. The molecule has 0 saturated heterocycles. The third kappa shape index (κ3) is 4.44. The average molecular weight is 466 g/mol. The van der Waals surface area contributed by atoms with E-state index in [1.807, 2.05) is 73.0 Å². The lowest BCUT2D eigenvalue weighted by Crippen LogP contribution is -2.30. The van der Waals surface area contributed by atoms with Crippen molar-refractivity contribution in [2.45, 2.75) is 25.3 Å². The Morgan fingerprint density at radius 3 is 2.33 bits per heavy atom. The third-order valence-electron chi connectivity index (χ3n) is 5.48. The molecule has 0 atom stereocenters. The molecule has 7 nitrogen and oxygen atoms in total. The highest BCUT2D eigenvalue weighted by molar-refractivity contribution is 7.89. The number of hydrogen-bond acceptors (Lipinski definition) is 5. The summed E-state index contributed by atoms with van der Waals surface area (Å²) in [5.41, 5.74) is 2.14. The molecule has 8 heteroatoms. The van der Waals surface area contributed by atoms with E-state index in [9.17, 15) is 8.42 Å². The lowest BCUT2D eigenvalue weighted by atomic mass is 10.2. The van der Waals surface area contributed by atoms with Gasteiger partial charge in [-0.1, -0.05) is 44.2 Å². The van der Waals surface area contributed by atoms with Crippen LogP contribution in [0.5, 0.6) is 11.5 Å². The molecule has 1 heterocycles. The van der Waals surface area contributed by atoms with E-state index in [1.54, 1.807) is 25.3 Å². The van der Waals surface area contributed by atoms with Crippen LogP contribution in [0, 0.1) is 0 Å². The van der Waals surface area contributed by atoms with Crippen molar-refractivity contribution in [3.8, 4) is 17.2 Å². The normalized spacial score (nSPS) is 11.8. The lowest BCUT2D eigenvalue weighted by molar-refractivity contribution is 0.294. The van der Waals surface area contributed by atoms with Gasteiger partial charge >= 0.3 is 0 Å². The molecule has 0 unspecified atom stereocenters. The summed E-state index contributed by atoms with van der Waals surface area (Å²) in [5.74, 6) is 2.04. The molecule has 3 aromatic carbocycles. The predicted molar refractivity (Wildman–Crippen MR) is 129 cm³/mol. The van der Waals surface area contributed by atoms with Gasteiger partial charge in [-0.15, -0.1) is 0 Å². The average Bonchev–Trinajstić information content (AvgIpc) is 3.21. The molecule has 0 aliphatic carbocycles. The minimum Gasteiger partial charge on any atom is -0.495 e. The van der Waals surface area contributed by atoms with Crippen LogP contribution in [-0.2, 0) is 16.6 Å². The molecule has 0 saturated carbocycles. The van der Waals surface area contributed by atoms with Crippen LogP contribution in [0.3, 0.4) is 0 Å². The summed E-state index contributed by atoms with van der Waals surface area (Å²) in [6, 6.07) is 22.2. The maximum atomic E-state index is 13.1. The Morgan fingerprint density at radius 2 is 1.64 bits per heavy atom. The molecule has 4 rings (SSSR count). The van der Waals surface area contributed by atoms with Crippen molar-refractivity contribution in [1.29, 1.82) is 0 Å². The topological polar surface area (TPSA) is 73.7 Å². The first-order valence-electron chi connectivity index (χ1n) is 10.8. The summed E-state index contributed by atoms with van der Waals surface area (Å²) in [4.78, 5) is 4.99. The first-order valence-corrected chi connectivity index (χ1v) is 12.3. The Morgan fingerprint density at radius 1 is 0.939 bits per heavy atom. The molecule has 0 bridgehead atoms. The number of hydrogen-bond donors (Lipinski definition) is 0. The molecule has 0 aliphatic rings. The number of sulfonamides is 1. The van der Waals surface area contributed by atoms with E-state index in [4.69, 9.17) is 14.5 Å². The molecule has 0 aliphatic heterocycles. The number of imidazole rings is 1. The van der Waals surface area contributed by atoms with Crippen molar-refractivity contribution >= 4 is 21.1 Å². The van der Waals surface area contributed by atoms with Gasteiger partial charge in [-0.25, -0.2) is 13.4 Å². The van der Waals surface area contributed by atoms with Crippen LogP contribution in [0.4, 0.5) is 0 Å². The van der Waals surface area contributed by atoms with Gasteiger partial charge in [0.15, 0.2) is 5.82 Å². The van der Waals surface area contributed by atoms with E-state index < -0.39 is 10.0 Å². The van der Waals surface area contributed by atoms with Crippen LogP contribution in [-0.4, -0.2) is 42.5 Å². The fourth-order valence-corrected chi connectivity index (χ4v) is 5.31. The van der Waals surface area contributed by atoms with Gasteiger partial charge in [-0.2, -0.15) is 4.31 Å². The number of para-hydroxylation sites is 3. The second-order valence-corrected chi connectivity index (χ2v) is 9.31. The van der Waals surface area contributed by atoms with Gasteiger partial charge in [0.25, 0.3) is 0 Å². The van der Waals surface area contributed by atoms with E-state index in [-0.39, 0.29) is 11.5 Å². The van der Waals surface area contributed by atoms with Crippen molar-refractivity contribution in [3.05, 3.63) is 78.6 Å². The van der Waals surface area contributed by atoms with E-state index in [2.05, 4.69) is 0 Å². The number of fused-ring (bicyclic) bond motifs is 1. The summed E-state index contributed by atoms with van der Waals surface area (Å²) in [5, 5.41) is 0. The highest BCUT2D eigenvalue weighted by Crippen LogP contribution is 2.30. The zero-order chi connectivity index (χ0) is 23.4. The quantitative estimate of drug-likeness (QED) is 0.360. The first kappa shape index (κ1) is 22.8. The van der Waals surface area contributed by atoms with Crippen molar-refractivity contribution in [2.75, 3.05) is 20.2 Å². The standard InChI is InChI=1S/C25H27N3O4S/c1-4-27(5-2)33(29,30)20-15-16-22-21(17-20)26-25(18-32-19-11-7-6-8-12-19)28(22)23-13-9-10-14-24(23)31-3/h6-17H,4-5,18H2,1-3H3. The van der Waals surface area contributed by atoms with Gasteiger partial charge in [-0.3, -0.25) is 4.57 Å². The molecular weight excluding hydrogens is 438 g/mol. The van der Waals surface area contributed by atoms with Crippen molar-refractivity contribution in [2.24, 2.45) is 0 Å². The van der Waals surface area contributed by atoms with Crippen LogP contribution in [0.2, 0.25) is 0 Å². The van der Waals surface area contributed by atoms with Crippen LogP contribution in [0.25, 0.3) is 16.7 Å². The molecule has 4 aromatic rings. The van der Waals surface area contributed by atoms with E-state index >= 15 is 0 Å². The zero-order valence-corrected chi connectivity index (χ0v) is 19.7. The van der Waals surface area contributed by atoms with Crippen molar-refractivity contribution in [1.82, 2.24) is 13.9 Å². The summed E-state index contributed by atoms with van der Waals surface area (Å²) < 4.78 is 41.1. The maximum absolute atomic E-state index is 13.1. The second-order valence-electron chi connectivity index (χ2n) is 7.38. The molecule has 172 valence electrons. The lowest BCUT2D eigenvalue weighted by Gasteiger charge is -2.18. The van der Waals surface area contributed by atoms with Crippen LogP contribution in [0.1, 0.15) is 19.7 Å². The number of benzene rings is 3. The zero-order valence-electron chi connectivity index (χ0n) is 18.9. The summed E-state index contributed by atoms with van der Waals surface area (Å²) >= 11 is 0. The fraction of sp³-hybridized carbons (Fsp3) is 0.240. The number of rotatable bonds is 9. The first-order chi connectivity index (χ1) is 16.0. The second kappa shape index (κ2) is 9.64. The van der Waals surface area contributed by atoms with Crippen molar-refractivity contribution in [3.63, 3.8) is 0 Å². The molecule has 1 aromatic heterocycles. The van der Waals surface area contributed by atoms with Crippen LogP contribution < -0.4 is 9.47 Å². The van der Waals surface area contributed by atoms with E-state index in [0.29, 0.717) is 30.2 Å². The molecule has 33 heavy (non-hydrogen) atoms. The molecule has 0 amide bonds. The van der Waals surface area contributed by atoms with E-state index in [0.717, 1.165) is 17.0 Å². The molecule has 0 fully saturated rings. The molecule has 0 radical (unpaired) electrons. The van der Waals surface area contributed by atoms with Gasteiger partial charge in [0.1, 0.15) is 18.1 Å². The Bertz CT molecular complexity index is 1350. The minimum atomic E-state index is -3.60. The van der Waals surface area contributed by atoms with Gasteiger partial charge in [0, 0.05) is 13.1 Å². The van der Waals surface area contributed by atoms with Crippen LogP contribution in [0.15, 0.2) is 77.7 Å². The summed E-state index contributed by atoms with van der Waals surface area (Å²) in [6.45, 7) is 4.67. The van der Waals surface area contributed by atoms with Gasteiger partial charge in [0.05, 0.1) is 28.7 Å². The fourth-order valence-electron chi connectivity index (χ4n) is 3.83. The Balaban J connectivity index is 1.85. The molecule has 0 N–H and O–H groups in total. The highest BCUT2D eigenvalue weighted by Gasteiger charge is 2.24. The Labute approximate surface area is 194 Å². The third-order valence-corrected chi connectivity index (χ3v) is 7.52. The van der Waals surface area contributed by atoms with Crippen molar-refractivity contribution < 1.29 is 17.9 Å². The predicted octanol–water partition coefficient (Wildman–Crippen LogP) is 4.64. The monoisotopic (exact) mass is 465 g/mol. The Hall–Kier alpha value is -3.36. The largest absolute Gasteiger partial charge is 0.495 e. The maximum Gasteiger partial charge on any atom is 0.243 e. The number of ether oxygens (including phenoxy) is 2. The van der Waals surface area contributed by atoms with Gasteiger partial charge in [-0.05, 0) is 42.5 Å². The smallest absolute Gasteiger partial charge is 0.243 e. The molecule has 0 spiro atoms. The SMILES string of the molecule is CCN(CC)S(=O)(=O)c1ccc2c(c1)nc(COc1ccccc1)n2-c1ccccc1OC. The molecular formula is C25H27N3O4S. The van der Waals surface area contributed by atoms with Crippen LogP contribution >= 0.6 is 0 Å². The highest BCUT2D eigenvalue weighted by atomic mass is 32.2. The number of aromatic nitrogens is 2. The van der Waals surface area contributed by atoms with Gasteiger partial charge < -0.3 is 9.47 Å². The van der Waals surface area contributed by atoms with Gasteiger partial charge in [0.2, 0.25) is 10.0 Å². The summed E-state index contributed by atoms with van der Waals surface area (Å²) in [6.07, 6.45) is 0.